The van der Waals surface area contributed by atoms with Crippen molar-refractivity contribution in [3.05, 3.63) is 64.1 Å². The van der Waals surface area contributed by atoms with E-state index in [1.54, 1.807) is 24.3 Å². The highest BCUT2D eigenvalue weighted by atomic mass is 79.9. The minimum absolute atomic E-state index is 0.124. The zero-order chi connectivity index (χ0) is 15.5. The number of anilines is 1. The first-order valence-corrected chi connectivity index (χ1v) is 8.91. The molecule has 4 nitrogen and oxygen atoms in total. The standard InChI is InChI=1S/C15H17BrN2O2S/c1-11(12-6-8-14(16)9-7-12)18-21(19,20)10-13-4-2-3-5-15(13)17/h2-9,11,18H,10,17H2,1H3/t11-/m0/s1. The summed E-state index contributed by atoms with van der Waals surface area (Å²) >= 11 is 3.36. The van der Waals surface area contributed by atoms with Gasteiger partial charge in [0.25, 0.3) is 0 Å². The molecule has 0 spiro atoms. The molecule has 6 heteroatoms. The molecule has 0 radical (unpaired) electrons. The van der Waals surface area contributed by atoms with Crippen molar-refractivity contribution in [3.8, 4) is 0 Å². The maximum atomic E-state index is 12.2. The fourth-order valence-electron chi connectivity index (χ4n) is 2.00. The normalized spacial score (nSPS) is 13.0. The van der Waals surface area contributed by atoms with Gasteiger partial charge in [-0.25, -0.2) is 13.1 Å². The molecule has 0 aliphatic heterocycles. The smallest absolute Gasteiger partial charge is 0.216 e. The highest BCUT2D eigenvalue weighted by Gasteiger charge is 2.17. The molecular formula is C15H17BrN2O2S. The van der Waals surface area contributed by atoms with Gasteiger partial charge in [-0.2, -0.15) is 0 Å². The van der Waals surface area contributed by atoms with Crippen molar-refractivity contribution < 1.29 is 8.42 Å². The second kappa shape index (κ2) is 6.60. The average Bonchev–Trinajstić information content (AvgIpc) is 2.41. The Kier molecular flexibility index (Phi) is 5.03. The molecule has 0 amide bonds. The van der Waals surface area contributed by atoms with Crippen molar-refractivity contribution in [2.75, 3.05) is 5.73 Å². The molecule has 0 fully saturated rings. The second-order valence-electron chi connectivity index (χ2n) is 4.85. The molecule has 1 atom stereocenters. The zero-order valence-corrected chi connectivity index (χ0v) is 14.0. The molecule has 0 aliphatic rings. The Morgan fingerprint density at radius 3 is 2.38 bits per heavy atom. The van der Waals surface area contributed by atoms with Crippen LogP contribution in [0.15, 0.2) is 53.0 Å². The minimum atomic E-state index is -3.46. The molecule has 2 aromatic rings. The van der Waals surface area contributed by atoms with Crippen LogP contribution in [0, 0.1) is 0 Å². The maximum absolute atomic E-state index is 12.2. The van der Waals surface area contributed by atoms with Crippen LogP contribution in [0.3, 0.4) is 0 Å². The van der Waals surface area contributed by atoms with Gasteiger partial charge in [-0.3, -0.25) is 0 Å². The first-order chi connectivity index (χ1) is 9.87. The van der Waals surface area contributed by atoms with Gasteiger partial charge in [-0.05, 0) is 36.2 Å². The van der Waals surface area contributed by atoms with Crippen molar-refractivity contribution >= 4 is 31.6 Å². The molecule has 0 unspecified atom stereocenters. The highest BCUT2D eigenvalue weighted by molar-refractivity contribution is 9.10. The summed E-state index contributed by atoms with van der Waals surface area (Å²) in [6.45, 7) is 1.81. The zero-order valence-electron chi connectivity index (χ0n) is 11.6. The first-order valence-electron chi connectivity index (χ1n) is 6.46. The molecule has 2 aromatic carbocycles. The molecule has 0 aromatic heterocycles. The van der Waals surface area contributed by atoms with E-state index in [9.17, 15) is 8.42 Å². The van der Waals surface area contributed by atoms with Crippen LogP contribution in [0.5, 0.6) is 0 Å². The number of halogens is 1. The van der Waals surface area contributed by atoms with Crippen molar-refractivity contribution in [1.29, 1.82) is 0 Å². The summed E-state index contributed by atoms with van der Waals surface area (Å²) in [6, 6.07) is 14.2. The third kappa shape index (κ3) is 4.56. The third-order valence-corrected chi connectivity index (χ3v) is 5.06. The highest BCUT2D eigenvalue weighted by Crippen LogP contribution is 2.19. The number of nitrogens with two attached hydrogens (primary N) is 1. The SMILES string of the molecule is C[C@H](NS(=O)(=O)Cc1ccccc1N)c1ccc(Br)cc1. The number of nitrogen functional groups attached to an aromatic ring is 1. The molecule has 2 rings (SSSR count). The number of rotatable bonds is 5. The van der Waals surface area contributed by atoms with E-state index >= 15 is 0 Å². The van der Waals surface area contributed by atoms with Gasteiger partial charge in [-0.1, -0.05) is 46.3 Å². The van der Waals surface area contributed by atoms with Crippen LogP contribution >= 0.6 is 15.9 Å². The van der Waals surface area contributed by atoms with Gasteiger partial charge in [0.1, 0.15) is 0 Å². The van der Waals surface area contributed by atoms with E-state index in [4.69, 9.17) is 5.73 Å². The van der Waals surface area contributed by atoms with Crippen LogP contribution in [0.1, 0.15) is 24.1 Å². The van der Waals surface area contributed by atoms with Gasteiger partial charge in [0.2, 0.25) is 10.0 Å². The summed E-state index contributed by atoms with van der Waals surface area (Å²) in [5.74, 6) is -0.124. The fourth-order valence-corrected chi connectivity index (χ4v) is 3.70. The minimum Gasteiger partial charge on any atom is -0.398 e. The van der Waals surface area contributed by atoms with Crippen LogP contribution in [-0.2, 0) is 15.8 Å². The van der Waals surface area contributed by atoms with E-state index in [1.807, 2.05) is 31.2 Å². The second-order valence-corrected chi connectivity index (χ2v) is 7.52. The van der Waals surface area contributed by atoms with E-state index in [2.05, 4.69) is 20.7 Å². The Bertz CT molecular complexity index is 715. The summed E-state index contributed by atoms with van der Waals surface area (Å²) in [5, 5.41) is 0. The molecule has 21 heavy (non-hydrogen) atoms. The Balaban J connectivity index is 2.10. The van der Waals surface area contributed by atoms with Crippen LogP contribution < -0.4 is 10.5 Å². The van der Waals surface area contributed by atoms with Gasteiger partial charge in [0.15, 0.2) is 0 Å². The molecule has 0 heterocycles. The summed E-state index contributed by atoms with van der Waals surface area (Å²) in [6.07, 6.45) is 0. The number of benzene rings is 2. The summed E-state index contributed by atoms with van der Waals surface area (Å²) < 4.78 is 28.1. The number of para-hydroxylation sites is 1. The lowest BCUT2D eigenvalue weighted by atomic mass is 10.1. The van der Waals surface area contributed by atoms with Crippen molar-refractivity contribution in [1.82, 2.24) is 4.72 Å². The van der Waals surface area contributed by atoms with Gasteiger partial charge in [0.05, 0.1) is 5.75 Å². The van der Waals surface area contributed by atoms with Crippen LogP contribution in [0.25, 0.3) is 0 Å². The fraction of sp³-hybridized carbons (Fsp3) is 0.200. The molecule has 0 aliphatic carbocycles. The van der Waals surface area contributed by atoms with Crippen molar-refractivity contribution in [3.63, 3.8) is 0 Å². The Morgan fingerprint density at radius 1 is 1.14 bits per heavy atom. The van der Waals surface area contributed by atoms with E-state index in [-0.39, 0.29) is 11.8 Å². The number of nitrogens with one attached hydrogen (secondary N) is 1. The Hall–Kier alpha value is -1.37. The molecular weight excluding hydrogens is 352 g/mol. The third-order valence-electron chi connectivity index (χ3n) is 3.13. The average molecular weight is 369 g/mol. The van der Waals surface area contributed by atoms with Crippen LogP contribution in [0.2, 0.25) is 0 Å². The summed E-state index contributed by atoms with van der Waals surface area (Å²) in [7, 11) is -3.46. The van der Waals surface area contributed by atoms with Gasteiger partial charge < -0.3 is 5.73 Å². The predicted octanol–water partition coefficient (Wildman–Crippen LogP) is 3.21. The molecule has 0 saturated carbocycles. The molecule has 0 bridgehead atoms. The molecule has 112 valence electrons. The Morgan fingerprint density at radius 2 is 1.76 bits per heavy atom. The lowest BCUT2D eigenvalue weighted by Crippen LogP contribution is -2.28. The van der Waals surface area contributed by atoms with Crippen LogP contribution in [-0.4, -0.2) is 8.42 Å². The largest absolute Gasteiger partial charge is 0.398 e. The number of hydrogen-bond donors (Lipinski definition) is 2. The predicted molar refractivity (Wildman–Crippen MR) is 89.2 cm³/mol. The summed E-state index contributed by atoms with van der Waals surface area (Å²) in [5.41, 5.74) is 7.78. The van der Waals surface area contributed by atoms with E-state index in [1.165, 1.54) is 0 Å². The van der Waals surface area contributed by atoms with E-state index in [0.29, 0.717) is 11.3 Å². The molecule has 3 N–H and O–H groups in total. The maximum Gasteiger partial charge on any atom is 0.216 e. The van der Waals surface area contributed by atoms with Crippen molar-refractivity contribution in [2.45, 2.75) is 18.7 Å². The van der Waals surface area contributed by atoms with E-state index in [0.717, 1.165) is 10.0 Å². The van der Waals surface area contributed by atoms with Gasteiger partial charge >= 0.3 is 0 Å². The van der Waals surface area contributed by atoms with E-state index < -0.39 is 10.0 Å². The molecule has 0 saturated heterocycles. The summed E-state index contributed by atoms with van der Waals surface area (Å²) in [4.78, 5) is 0. The number of sulfonamides is 1. The Labute approximate surface area is 133 Å². The van der Waals surface area contributed by atoms with Gasteiger partial charge in [0, 0.05) is 16.2 Å². The monoisotopic (exact) mass is 368 g/mol. The quantitative estimate of drug-likeness (QED) is 0.795. The lowest BCUT2D eigenvalue weighted by molar-refractivity contribution is 0.566. The van der Waals surface area contributed by atoms with Crippen LogP contribution in [0.4, 0.5) is 5.69 Å². The lowest BCUT2D eigenvalue weighted by Gasteiger charge is -2.15. The van der Waals surface area contributed by atoms with Crippen molar-refractivity contribution in [2.24, 2.45) is 0 Å². The topological polar surface area (TPSA) is 72.2 Å². The number of hydrogen-bond acceptors (Lipinski definition) is 3. The van der Waals surface area contributed by atoms with Gasteiger partial charge in [-0.15, -0.1) is 0 Å². The first kappa shape index (κ1) is 16.0.